The Morgan fingerprint density at radius 3 is 2.67 bits per heavy atom. The van der Waals surface area contributed by atoms with Gasteiger partial charge in [0, 0.05) is 25.6 Å². The highest BCUT2D eigenvalue weighted by atomic mass is 16.3. The van der Waals surface area contributed by atoms with Crippen LogP contribution >= 0.6 is 0 Å². The van der Waals surface area contributed by atoms with Crippen molar-refractivity contribution in [3.8, 4) is 0 Å². The van der Waals surface area contributed by atoms with Crippen LogP contribution in [0.5, 0.6) is 0 Å². The maximum Gasteiger partial charge on any atom is 0.224 e. The summed E-state index contributed by atoms with van der Waals surface area (Å²) < 4.78 is 0. The van der Waals surface area contributed by atoms with Crippen molar-refractivity contribution in [2.45, 2.75) is 44.2 Å². The molecule has 2 saturated heterocycles. The van der Waals surface area contributed by atoms with E-state index in [0.717, 1.165) is 38.9 Å². The molecule has 2 rings (SSSR count). The topological polar surface area (TPSA) is 52.6 Å². The van der Waals surface area contributed by atoms with Crippen LogP contribution in [0.1, 0.15) is 32.1 Å². The van der Waals surface area contributed by atoms with Crippen molar-refractivity contribution in [1.82, 2.24) is 10.2 Å². The number of piperidine rings is 1. The van der Waals surface area contributed by atoms with Crippen molar-refractivity contribution >= 4 is 5.91 Å². The largest absolute Gasteiger partial charge is 0.393 e. The quantitative estimate of drug-likeness (QED) is 0.683. The molecule has 1 amide bonds. The van der Waals surface area contributed by atoms with Gasteiger partial charge < -0.3 is 15.3 Å². The number of carbonyl (C=O) groups is 1. The molecule has 2 N–H and O–H groups in total. The molecule has 0 spiro atoms. The van der Waals surface area contributed by atoms with Crippen LogP contribution < -0.4 is 5.32 Å². The van der Waals surface area contributed by atoms with Gasteiger partial charge in [0.25, 0.3) is 0 Å². The minimum absolute atomic E-state index is 0.196. The summed E-state index contributed by atoms with van der Waals surface area (Å²) in [6, 6.07) is 0.393. The van der Waals surface area contributed by atoms with Gasteiger partial charge in [-0.05, 0) is 32.2 Å². The molecule has 4 nitrogen and oxygen atoms in total. The van der Waals surface area contributed by atoms with Crippen LogP contribution in [0.3, 0.4) is 0 Å². The summed E-state index contributed by atoms with van der Waals surface area (Å²) in [6.45, 7) is 2.51. The Morgan fingerprint density at radius 1 is 1.33 bits per heavy atom. The molecule has 0 saturated carbocycles. The van der Waals surface area contributed by atoms with Crippen LogP contribution in [-0.2, 0) is 4.79 Å². The lowest BCUT2D eigenvalue weighted by Crippen LogP contribution is -2.42. The van der Waals surface area contributed by atoms with E-state index in [-0.39, 0.29) is 12.0 Å². The lowest BCUT2D eigenvalue weighted by Gasteiger charge is -2.30. The van der Waals surface area contributed by atoms with Gasteiger partial charge in [-0.2, -0.15) is 0 Å². The van der Waals surface area contributed by atoms with E-state index >= 15 is 0 Å². The van der Waals surface area contributed by atoms with Crippen LogP contribution in [0.25, 0.3) is 0 Å². The van der Waals surface area contributed by atoms with Crippen LogP contribution in [0.2, 0.25) is 0 Å². The maximum atomic E-state index is 11.9. The predicted molar refractivity (Wildman–Crippen MR) is 57.5 cm³/mol. The lowest BCUT2D eigenvalue weighted by molar-refractivity contribution is -0.133. The van der Waals surface area contributed by atoms with E-state index in [0.29, 0.717) is 12.5 Å². The van der Waals surface area contributed by atoms with E-state index < -0.39 is 0 Å². The Bertz CT molecular complexity index is 219. The number of rotatable bonds is 2. The molecule has 0 aromatic carbocycles. The molecule has 0 aromatic heterocycles. The highest BCUT2D eigenvalue weighted by Crippen LogP contribution is 2.14. The van der Waals surface area contributed by atoms with Crippen molar-refractivity contribution in [3.05, 3.63) is 0 Å². The molecule has 1 atom stereocenters. The third-order valence-corrected chi connectivity index (χ3v) is 3.40. The minimum Gasteiger partial charge on any atom is -0.393 e. The second-order valence-corrected chi connectivity index (χ2v) is 4.61. The molecular formula is C11H20N2O2. The highest BCUT2D eigenvalue weighted by Gasteiger charge is 2.24. The van der Waals surface area contributed by atoms with Crippen molar-refractivity contribution in [2.75, 3.05) is 19.6 Å². The van der Waals surface area contributed by atoms with Gasteiger partial charge in [-0.1, -0.05) is 0 Å². The monoisotopic (exact) mass is 212 g/mol. The summed E-state index contributed by atoms with van der Waals surface area (Å²) in [6.07, 6.45) is 4.24. The van der Waals surface area contributed by atoms with Gasteiger partial charge in [-0.3, -0.25) is 4.79 Å². The minimum atomic E-state index is -0.196. The number of nitrogens with zero attached hydrogens (tertiary/aromatic N) is 1. The number of hydrogen-bond acceptors (Lipinski definition) is 3. The SMILES string of the molecule is O=C(CC1CCCN1)N1CCC(O)CC1. The van der Waals surface area contributed by atoms with Crippen molar-refractivity contribution in [3.63, 3.8) is 0 Å². The van der Waals surface area contributed by atoms with Gasteiger partial charge in [-0.25, -0.2) is 0 Å². The fourth-order valence-corrected chi connectivity index (χ4v) is 2.39. The first kappa shape index (κ1) is 10.9. The molecule has 4 heteroatoms. The molecule has 2 aliphatic heterocycles. The Labute approximate surface area is 90.6 Å². The smallest absolute Gasteiger partial charge is 0.224 e. The number of nitrogens with one attached hydrogen (secondary N) is 1. The summed E-state index contributed by atoms with van der Waals surface area (Å²) in [4.78, 5) is 13.8. The average molecular weight is 212 g/mol. The molecule has 0 radical (unpaired) electrons. The Morgan fingerprint density at radius 2 is 2.07 bits per heavy atom. The van der Waals surface area contributed by atoms with E-state index in [9.17, 15) is 9.90 Å². The van der Waals surface area contributed by atoms with Crippen LogP contribution in [-0.4, -0.2) is 47.7 Å². The number of likely N-dealkylation sites (tertiary alicyclic amines) is 1. The van der Waals surface area contributed by atoms with Crippen LogP contribution in [0, 0.1) is 0 Å². The summed E-state index contributed by atoms with van der Waals surface area (Å²) in [7, 11) is 0. The van der Waals surface area contributed by atoms with Gasteiger partial charge in [0.15, 0.2) is 0 Å². The second kappa shape index (κ2) is 4.94. The van der Waals surface area contributed by atoms with Crippen LogP contribution in [0.4, 0.5) is 0 Å². The van der Waals surface area contributed by atoms with Crippen molar-refractivity contribution < 1.29 is 9.90 Å². The maximum absolute atomic E-state index is 11.9. The number of aliphatic hydroxyl groups excluding tert-OH is 1. The van der Waals surface area contributed by atoms with Crippen molar-refractivity contribution in [1.29, 1.82) is 0 Å². The normalized spacial score (nSPS) is 28.3. The molecule has 2 aliphatic rings. The molecule has 86 valence electrons. The number of carbonyl (C=O) groups excluding carboxylic acids is 1. The van der Waals surface area contributed by atoms with E-state index in [1.165, 1.54) is 6.42 Å². The molecule has 0 bridgehead atoms. The summed E-state index contributed by atoms with van der Waals surface area (Å²) >= 11 is 0. The van der Waals surface area contributed by atoms with E-state index in [1.54, 1.807) is 0 Å². The molecule has 2 fully saturated rings. The average Bonchev–Trinajstić information content (AvgIpc) is 2.71. The molecule has 15 heavy (non-hydrogen) atoms. The Kier molecular flexibility index (Phi) is 3.59. The second-order valence-electron chi connectivity index (χ2n) is 4.61. The first-order chi connectivity index (χ1) is 7.25. The summed E-state index contributed by atoms with van der Waals surface area (Å²) in [5.41, 5.74) is 0. The van der Waals surface area contributed by atoms with Crippen LogP contribution in [0.15, 0.2) is 0 Å². The molecule has 0 aromatic rings. The first-order valence-corrected chi connectivity index (χ1v) is 5.95. The third-order valence-electron chi connectivity index (χ3n) is 3.40. The van der Waals surface area contributed by atoms with Crippen molar-refractivity contribution in [2.24, 2.45) is 0 Å². The highest BCUT2D eigenvalue weighted by molar-refractivity contribution is 5.77. The standard InChI is InChI=1S/C11H20N2O2/c14-10-3-6-13(7-4-10)11(15)8-9-2-1-5-12-9/h9-10,12,14H,1-8H2. The predicted octanol–water partition coefficient (Wildman–Crippen LogP) is 0.112. The Hall–Kier alpha value is -0.610. The Balaban J connectivity index is 1.75. The molecule has 0 aliphatic carbocycles. The van der Waals surface area contributed by atoms with Gasteiger partial charge in [0.2, 0.25) is 5.91 Å². The zero-order valence-corrected chi connectivity index (χ0v) is 9.11. The zero-order valence-electron chi connectivity index (χ0n) is 9.11. The van der Waals surface area contributed by atoms with E-state index in [2.05, 4.69) is 5.32 Å². The number of aliphatic hydroxyl groups is 1. The zero-order chi connectivity index (χ0) is 10.7. The summed E-state index contributed by atoms with van der Waals surface area (Å²) in [5, 5.41) is 12.7. The first-order valence-electron chi connectivity index (χ1n) is 5.95. The fourth-order valence-electron chi connectivity index (χ4n) is 2.39. The summed E-state index contributed by atoms with van der Waals surface area (Å²) in [5.74, 6) is 0.251. The third kappa shape index (κ3) is 2.92. The van der Waals surface area contributed by atoms with Gasteiger partial charge in [0.1, 0.15) is 0 Å². The number of amides is 1. The van der Waals surface area contributed by atoms with Gasteiger partial charge >= 0.3 is 0 Å². The van der Waals surface area contributed by atoms with E-state index in [1.807, 2.05) is 4.90 Å². The molecule has 2 heterocycles. The van der Waals surface area contributed by atoms with Gasteiger partial charge in [-0.15, -0.1) is 0 Å². The number of hydrogen-bond donors (Lipinski definition) is 2. The van der Waals surface area contributed by atoms with E-state index in [4.69, 9.17) is 0 Å². The molecular weight excluding hydrogens is 192 g/mol. The fraction of sp³-hybridized carbons (Fsp3) is 0.909. The lowest BCUT2D eigenvalue weighted by atomic mass is 10.1. The van der Waals surface area contributed by atoms with Gasteiger partial charge in [0.05, 0.1) is 6.10 Å². The molecule has 1 unspecified atom stereocenters.